The van der Waals surface area contributed by atoms with E-state index in [2.05, 4.69) is 0 Å². The molecule has 0 saturated heterocycles. The minimum Gasteiger partial charge on any atom is -0.386 e. The Morgan fingerprint density at radius 3 is 2.27 bits per heavy atom. The standard InChI is InChI=1S/C9H16O2/c1-7(2)9(4,11)6-5-8(3)10/h5-7,11H,1-4H3/b6-5+. The summed E-state index contributed by atoms with van der Waals surface area (Å²) in [5, 5.41) is 9.60. The lowest BCUT2D eigenvalue weighted by molar-refractivity contribution is -0.112. The molecule has 1 unspecified atom stereocenters. The van der Waals surface area contributed by atoms with Crippen molar-refractivity contribution in [3.05, 3.63) is 12.2 Å². The molecule has 0 heterocycles. The van der Waals surface area contributed by atoms with E-state index < -0.39 is 5.60 Å². The summed E-state index contributed by atoms with van der Waals surface area (Å²) in [5.41, 5.74) is -0.869. The molecule has 0 bridgehead atoms. The van der Waals surface area contributed by atoms with Crippen LogP contribution in [0.5, 0.6) is 0 Å². The Kier molecular flexibility index (Phi) is 3.46. The van der Waals surface area contributed by atoms with Crippen LogP contribution in [0.3, 0.4) is 0 Å². The third-order valence-electron chi connectivity index (χ3n) is 1.82. The highest BCUT2D eigenvalue weighted by Crippen LogP contribution is 2.16. The highest BCUT2D eigenvalue weighted by atomic mass is 16.3. The Balaban J connectivity index is 4.23. The van der Waals surface area contributed by atoms with Crippen LogP contribution in [0, 0.1) is 5.92 Å². The zero-order valence-corrected chi connectivity index (χ0v) is 7.59. The summed E-state index contributed by atoms with van der Waals surface area (Å²) in [7, 11) is 0. The van der Waals surface area contributed by atoms with E-state index in [1.165, 1.54) is 13.0 Å². The maximum Gasteiger partial charge on any atom is 0.152 e. The average Bonchev–Trinajstić information content (AvgIpc) is 1.84. The number of aliphatic hydroxyl groups is 1. The topological polar surface area (TPSA) is 37.3 Å². The molecule has 0 aliphatic carbocycles. The number of ketones is 1. The van der Waals surface area contributed by atoms with Crippen LogP contribution >= 0.6 is 0 Å². The van der Waals surface area contributed by atoms with Gasteiger partial charge in [-0.25, -0.2) is 0 Å². The van der Waals surface area contributed by atoms with Crippen molar-refractivity contribution in [2.75, 3.05) is 0 Å². The molecular formula is C9H16O2. The number of carbonyl (C=O) groups excluding carboxylic acids is 1. The Labute approximate surface area is 67.9 Å². The largest absolute Gasteiger partial charge is 0.386 e. The van der Waals surface area contributed by atoms with E-state index in [-0.39, 0.29) is 11.7 Å². The van der Waals surface area contributed by atoms with Crippen LogP contribution < -0.4 is 0 Å². The fourth-order valence-corrected chi connectivity index (χ4v) is 0.479. The van der Waals surface area contributed by atoms with E-state index in [0.29, 0.717) is 0 Å². The molecular weight excluding hydrogens is 140 g/mol. The summed E-state index contributed by atoms with van der Waals surface area (Å²) in [6, 6.07) is 0. The highest BCUT2D eigenvalue weighted by Gasteiger charge is 2.20. The van der Waals surface area contributed by atoms with E-state index in [9.17, 15) is 9.90 Å². The van der Waals surface area contributed by atoms with Gasteiger partial charge >= 0.3 is 0 Å². The summed E-state index contributed by atoms with van der Waals surface area (Å²) in [6.07, 6.45) is 2.94. The molecule has 0 rings (SSSR count). The van der Waals surface area contributed by atoms with E-state index in [4.69, 9.17) is 0 Å². The van der Waals surface area contributed by atoms with Gasteiger partial charge in [-0.2, -0.15) is 0 Å². The summed E-state index contributed by atoms with van der Waals surface area (Å²) < 4.78 is 0. The van der Waals surface area contributed by atoms with Crippen LogP contribution in [0.15, 0.2) is 12.2 Å². The molecule has 0 spiro atoms. The quantitative estimate of drug-likeness (QED) is 0.629. The van der Waals surface area contributed by atoms with Crippen LogP contribution in [-0.2, 0) is 4.79 Å². The van der Waals surface area contributed by atoms with Gasteiger partial charge in [0.25, 0.3) is 0 Å². The Morgan fingerprint density at radius 2 is 2.00 bits per heavy atom. The molecule has 0 aromatic heterocycles. The lowest BCUT2D eigenvalue weighted by Gasteiger charge is -2.23. The molecule has 2 heteroatoms. The van der Waals surface area contributed by atoms with Gasteiger partial charge in [0.05, 0.1) is 5.60 Å². The summed E-state index contributed by atoms with van der Waals surface area (Å²) in [4.78, 5) is 10.5. The van der Waals surface area contributed by atoms with E-state index in [1.54, 1.807) is 13.0 Å². The maximum absolute atomic E-state index is 10.5. The number of hydrogen-bond donors (Lipinski definition) is 1. The molecule has 0 radical (unpaired) electrons. The van der Waals surface area contributed by atoms with Crippen molar-refractivity contribution in [2.45, 2.75) is 33.3 Å². The first-order valence-electron chi connectivity index (χ1n) is 3.78. The second kappa shape index (κ2) is 3.67. The molecule has 64 valence electrons. The van der Waals surface area contributed by atoms with E-state index in [1.807, 2.05) is 13.8 Å². The molecule has 2 nitrogen and oxygen atoms in total. The monoisotopic (exact) mass is 156 g/mol. The molecule has 1 atom stereocenters. The fraction of sp³-hybridized carbons (Fsp3) is 0.667. The second-order valence-electron chi connectivity index (χ2n) is 3.32. The molecule has 0 aliphatic heterocycles. The van der Waals surface area contributed by atoms with Gasteiger partial charge < -0.3 is 5.11 Å². The highest BCUT2D eigenvalue weighted by molar-refractivity contribution is 5.87. The van der Waals surface area contributed by atoms with Crippen LogP contribution in [0.25, 0.3) is 0 Å². The molecule has 0 aromatic carbocycles. The molecule has 0 fully saturated rings. The van der Waals surface area contributed by atoms with Gasteiger partial charge in [0.15, 0.2) is 5.78 Å². The Bertz CT molecular complexity index is 166. The van der Waals surface area contributed by atoms with Gasteiger partial charge in [-0.3, -0.25) is 4.79 Å². The number of hydrogen-bond acceptors (Lipinski definition) is 2. The molecule has 0 saturated carbocycles. The zero-order valence-electron chi connectivity index (χ0n) is 7.59. The van der Waals surface area contributed by atoms with Crippen LogP contribution in [-0.4, -0.2) is 16.5 Å². The van der Waals surface area contributed by atoms with Crippen LogP contribution in [0.1, 0.15) is 27.7 Å². The van der Waals surface area contributed by atoms with Crippen LogP contribution in [0.4, 0.5) is 0 Å². The lowest BCUT2D eigenvalue weighted by Crippen LogP contribution is -2.28. The molecule has 11 heavy (non-hydrogen) atoms. The fourth-order valence-electron chi connectivity index (χ4n) is 0.479. The number of carbonyl (C=O) groups is 1. The van der Waals surface area contributed by atoms with Crippen molar-refractivity contribution in [3.8, 4) is 0 Å². The van der Waals surface area contributed by atoms with Crippen molar-refractivity contribution >= 4 is 5.78 Å². The summed E-state index contributed by atoms with van der Waals surface area (Å²) in [5.74, 6) is 0.0871. The molecule has 0 aromatic rings. The predicted molar refractivity (Wildman–Crippen MR) is 45.3 cm³/mol. The van der Waals surface area contributed by atoms with Crippen molar-refractivity contribution < 1.29 is 9.90 Å². The van der Waals surface area contributed by atoms with Gasteiger partial charge in [-0.15, -0.1) is 0 Å². The first-order valence-corrected chi connectivity index (χ1v) is 3.78. The van der Waals surface area contributed by atoms with Gasteiger partial charge in [0.1, 0.15) is 0 Å². The van der Waals surface area contributed by atoms with Crippen molar-refractivity contribution in [2.24, 2.45) is 5.92 Å². The van der Waals surface area contributed by atoms with Gasteiger partial charge in [-0.05, 0) is 31.9 Å². The predicted octanol–water partition coefficient (Wildman–Crippen LogP) is 1.54. The average molecular weight is 156 g/mol. The third kappa shape index (κ3) is 3.94. The van der Waals surface area contributed by atoms with Gasteiger partial charge in [0.2, 0.25) is 0 Å². The Morgan fingerprint density at radius 1 is 1.55 bits per heavy atom. The van der Waals surface area contributed by atoms with E-state index in [0.717, 1.165) is 0 Å². The van der Waals surface area contributed by atoms with Gasteiger partial charge in [-0.1, -0.05) is 13.8 Å². The minimum atomic E-state index is -0.869. The van der Waals surface area contributed by atoms with Crippen LogP contribution in [0.2, 0.25) is 0 Å². The van der Waals surface area contributed by atoms with Gasteiger partial charge in [0, 0.05) is 0 Å². The first kappa shape index (κ1) is 10.4. The molecule has 1 N–H and O–H groups in total. The summed E-state index contributed by atoms with van der Waals surface area (Å²) in [6.45, 7) is 6.97. The molecule has 0 aliphatic rings. The maximum atomic E-state index is 10.5. The minimum absolute atomic E-state index is 0.0362. The first-order chi connectivity index (χ1) is 4.86. The third-order valence-corrected chi connectivity index (χ3v) is 1.82. The normalized spacial score (nSPS) is 17.3. The second-order valence-corrected chi connectivity index (χ2v) is 3.32. The molecule has 0 amide bonds. The van der Waals surface area contributed by atoms with E-state index >= 15 is 0 Å². The lowest BCUT2D eigenvalue weighted by atomic mass is 9.92. The van der Waals surface area contributed by atoms with Crippen molar-refractivity contribution in [1.82, 2.24) is 0 Å². The van der Waals surface area contributed by atoms with Crippen molar-refractivity contribution in [1.29, 1.82) is 0 Å². The zero-order chi connectivity index (χ0) is 9.07. The number of rotatable bonds is 3. The summed E-state index contributed by atoms with van der Waals surface area (Å²) >= 11 is 0. The smallest absolute Gasteiger partial charge is 0.152 e. The van der Waals surface area contributed by atoms with Crippen molar-refractivity contribution in [3.63, 3.8) is 0 Å². The Hall–Kier alpha value is -0.630. The number of allylic oxidation sites excluding steroid dienone is 1. The SMILES string of the molecule is CC(=O)/C=C/C(C)(O)C(C)C.